The van der Waals surface area contributed by atoms with Crippen molar-refractivity contribution in [3.63, 3.8) is 0 Å². The van der Waals surface area contributed by atoms with Gasteiger partial charge in [0.05, 0.1) is 5.52 Å². The van der Waals surface area contributed by atoms with Crippen LogP contribution < -0.4 is 0 Å². The van der Waals surface area contributed by atoms with E-state index in [1.54, 1.807) is 0 Å². The highest BCUT2D eigenvalue weighted by molar-refractivity contribution is 9.10. The number of halogens is 1. The van der Waals surface area contributed by atoms with Crippen LogP contribution in [0.5, 0.6) is 0 Å². The van der Waals surface area contributed by atoms with Gasteiger partial charge in [0, 0.05) is 15.8 Å². The summed E-state index contributed by atoms with van der Waals surface area (Å²) in [5, 5.41) is 1.04. The second kappa shape index (κ2) is 4.34. The minimum Gasteiger partial charge on any atom is -0.292 e. The lowest BCUT2D eigenvalue weighted by Gasteiger charge is -2.07. The van der Waals surface area contributed by atoms with Gasteiger partial charge in [-0.3, -0.25) is 4.79 Å². The molecule has 0 aliphatic heterocycles. The van der Waals surface area contributed by atoms with Crippen molar-refractivity contribution in [2.24, 2.45) is 5.92 Å². The van der Waals surface area contributed by atoms with Gasteiger partial charge < -0.3 is 0 Å². The SMILES string of the molecule is CC(C)C(=O)c1nc2ccccc2cc1Br. The molecule has 0 fully saturated rings. The lowest BCUT2D eigenvalue weighted by Crippen LogP contribution is -2.10. The van der Waals surface area contributed by atoms with E-state index in [-0.39, 0.29) is 11.7 Å². The van der Waals surface area contributed by atoms with Gasteiger partial charge in [-0.25, -0.2) is 4.98 Å². The van der Waals surface area contributed by atoms with E-state index in [1.165, 1.54) is 0 Å². The summed E-state index contributed by atoms with van der Waals surface area (Å²) in [7, 11) is 0. The van der Waals surface area contributed by atoms with Crippen molar-refractivity contribution in [3.8, 4) is 0 Å². The van der Waals surface area contributed by atoms with Crippen molar-refractivity contribution in [2.45, 2.75) is 13.8 Å². The molecule has 0 unspecified atom stereocenters. The van der Waals surface area contributed by atoms with Crippen molar-refractivity contribution in [3.05, 3.63) is 40.5 Å². The molecule has 2 aromatic rings. The number of rotatable bonds is 2. The highest BCUT2D eigenvalue weighted by Crippen LogP contribution is 2.23. The van der Waals surface area contributed by atoms with E-state index < -0.39 is 0 Å². The molecule has 0 amide bonds. The third-order valence-electron chi connectivity index (χ3n) is 2.44. The molecular weight excluding hydrogens is 266 g/mol. The standard InChI is InChI=1S/C13H12BrNO/c1-8(2)13(16)12-10(14)7-9-5-3-4-6-11(9)15-12/h3-8H,1-2H3. The summed E-state index contributed by atoms with van der Waals surface area (Å²) in [6.07, 6.45) is 0. The van der Waals surface area contributed by atoms with Gasteiger partial charge in [-0.1, -0.05) is 32.0 Å². The predicted molar refractivity (Wildman–Crippen MR) is 68.6 cm³/mol. The smallest absolute Gasteiger partial charge is 0.184 e. The van der Waals surface area contributed by atoms with E-state index in [1.807, 2.05) is 44.2 Å². The quantitative estimate of drug-likeness (QED) is 0.781. The summed E-state index contributed by atoms with van der Waals surface area (Å²) < 4.78 is 0.768. The number of fused-ring (bicyclic) bond motifs is 1. The highest BCUT2D eigenvalue weighted by atomic mass is 79.9. The van der Waals surface area contributed by atoms with Gasteiger partial charge in [0.2, 0.25) is 0 Å². The molecule has 2 nitrogen and oxygen atoms in total. The van der Waals surface area contributed by atoms with Crippen molar-refractivity contribution < 1.29 is 4.79 Å². The number of hydrogen-bond donors (Lipinski definition) is 0. The van der Waals surface area contributed by atoms with Crippen LogP contribution in [0, 0.1) is 5.92 Å². The number of ketones is 1. The zero-order valence-corrected chi connectivity index (χ0v) is 10.8. The Morgan fingerprint density at radius 3 is 2.69 bits per heavy atom. The molecule has 16 heavy (non-hydrogen) atoms. The number of pyridine rings is 1. The highest BCUT2D eigenvalue weighted by Gasteiger charge is 2.16. The van der Waals surface area contributed by atoms with Crippen LogP contribution in [0.2, 0.25) is 0 Å². The molecule has 2 rings (SSSR count). The second-order valence-corrected chi connectivity index (χ2v) is 4.88. The zero-order chi connectivity index (χ0) is 11.7. The first kappa shape index (κ1) is 11.3. The van der Waals surface area contributed by atoms with E-state index >= 15 is 0 Å². The van der Waals surface area contributed by atoms with E-state index in [0.717, 1.165) is 15.4 Å². The Morgan fingerprint density at radius 1 is 1.31 bits per heavy atom. The summed E-state index contributed by atoms with van der Waals surface area (Å²) in [5.41, 5.74) is 1.38. The minimum absolute atomic E-state index is 0.0371. The number of para-hydroxylation sites is 1. The van der Waals surface area contributed by atoms with Crippen molar-refractivity contribution in [1.29, 1.82) is 0 Å². The van der Waals surface area contributed by atoms with Crippen LogP contribution in [-0.4, -0.2) is 10.8 Å². The molecule has 3 heteroatoms. The first-order chi connectivity index (χ1) is 7.59. The largest absolute Gasteiger partial charge is 0.292 e. The molecule has 0 saturated heterocycles. The Bertz CT molecular complexity index is 549. The van der Waals surface area contributed by atoms with E-state index in [4.69, 9.17) is 0 Å². The average Bonchev–Trinajstić information content (AvgIpc) is 2.27. The Hall–Kier alpha value is -1.22. The number of Topliss-reactive ketones (excluding diaryl/α,β-unsaturated/α-hetero) is 1. The van der Waals surface area contributed by atoms with Crippen molar-refractivity contribution >= 4 is 32.6 Å². The lowest BCUT2D eigenvalue weighted by molar-refractivity contribution is 0.0934. The van der Waals surface area contributed by atoms with Crippen LogP contribution >= 0.6 is 15.9 Å². The Morgan fingerprint density at radius 2 is 2.00 bits per heavy atom. The van der Waals surface area contributed by atoms with Crippen LogP contribution in [-0.2, 0) is 0 Å². The number of carbonyl (C=O) groups is 1. The van der Waals surface area contributed by atoms with Crippen LogP contribution in [0.1, 0.15) is 24.3 Å². The van der Waals surface area contributed by atoms with Gasteiger partial charge in [-0.15, -0.1) is 0 Å². The topological polar surface area (TPSA) is 30.0 Å². The number of hydrogen-bond acceptors (Lipinski definition) is 2. The second-order valence-electron chi connectivity index (χ2n) is 4.03. The molecule has 0 bridgehead atoms. The van der Waals surface area contributed by atoms with E-state index in [2.05, 4.69) is 20.9 Å². The number of aromatic nitrogens is 1. The Kier molecular flexibility index (Phi) is 3.06. The fourth-order valence-electron chi connectivity index (χ4n) is 1.54. The summed E-state index contributed by atoms with van der Waals surface area (Å²) in [6, 6.07) is 9.72. The minimum atomic E-state index is -0.0371. The van der Waals surface area contributed by atoms with Gasteiger partial charge in [-0.05, 0) is 28.1 Å². The molecule has 0 spiro atoms. The first-order valence-electron chi connectivity index (χ1n) is 5.19. The predicted octanol–water partition coefficient (Wildman–Crippen LogP) is 3.84. The number of nitrogens with zero attached hydrogens (tertiary/aromatic N) is 1. The Balaban J connectivity index is 2.63. The third kappa shape index (κ3) is 2.00. The molecule has 0 radical (unpaired) electrons. The molecule has 0 aliphatic rings. The van der Waals surface area contributed by atoms with Gasteiger partial charge >= 0.3 is 0 Å². The van der Waals surface area contributed by atoms with Gasteiger partial charge in [-0.2, -0.15) is 0 Å². The van der Waals surface area contributed by atoms with Crippen LogP contribution in [0.25, 0.3) is 10.9 Å². The Labute approximate surface area is 103 Å². The van der Waals surface area contributed by atoms with Crippen LogP contribution in [0.3, 0.4) is 0 Å². The number of benzene rings is 1. The van der Waals surface area contributed by atoms with Crippen LogP contribution in [0.15, 0.2) is 34.8 Å². The van der Waals surface area contributed by atoms with Crippen molar-refractivity contribution in [2.75, 3.05) is 0 Å². The summed E-state index contributed by atoms with van der Waals surface area (Å²) in [4.78, 5) is 16.3. The molecule has 0 atom stereocenters. The number of carbonyl (C=O) groups excluding carboxylic acids is 1. The monoisotopic (exact) mass is 277 g/mol. The maximum Gasteiger partial charge on any atom is 0.184 e. The fourth-order valence-corrected chi connectivity index (χ4v) is 2.07. The van der Waals surface area contributed by atoms with Gasteiger partial charge in [0.15, 0.2) is 5.78 Å². The van der Waals surface area contributed by atoms with Gasteiger partial charge in [0.1, 0.15) is 5.69 Å². The lowest BCUT2D eigenvalue weighted by atomic mass is 10.0. The normalized spacial score (nSPS) is 11.0. The molecule has 1 heterocycles. The third-order valence-corrected chi connectivity index (χ3v) is 3.04. The molecule has 1 aromatic heterocycles. The molecule has 0 N–H and O–H groups in total. The molecule has 0 aliphatic carbocycles. The fraction of sp³-hybridized carbons (Fsp3) is 0.231. The van der Waals surface area contributed by atoms with Crippen molar-refractivity contribution in [1.82, 2.24) is 4.98 Å². The maximum atomic E-state index is 11.9. The molecule has 0 saturated carbocycles. The van der Waals surface area contributed by atoms with E-state index in [9.17, 15) is 4.79 Å². The zero-order valence-electron chi connectivity index (χ0n) is 9.20. The summed E-state index contributed by atoms with van der Waals surface area (Å²) in [6.45, 7) is 3.76. The molecule has 82 valence electrons. The summed E-state index contributed by atoms with van der Waals surface area (Å²) >= 11 is 3.40. The average molecular weight is 278 g/mol. The molecule has 1 aromatic carbocycles. The maximum absolute atomic E-state index is 11.9. The molecular formula is C13H12BrNO. The van der Waals surface area contributed by atoms with Crippen LogP contribution in [0.4, 0.5) is 0 Å². The summed E-state index contributed by atoms with van der Waals surface area (Å²) in [5.74, 6) is 0.0302. The first-order valence-corrected chi connectivity index (χ1v) is 5.98. The van der Waals surface area contributed by atoms with E-state index in [0.29, 0.717) is 5.69 Å². The van der Waals surface area contributed by atoms with Gasteiger partial charge in [0.25, 0.3) is 0 Å².